The third-order valence-electron chi connectivity index (χ3n) is 2.36. The van der Waals surface area contributed by atoms with Crippen molar-refractivity contribution in [2.24, 2.45) is 0 Å². The van der Waals surface area contributed by atoms with Gasteiger partial charge in [-0.05, 0) is 30.3 Å². The first kappa shape index (κ1) is 12.6. The topological polar surface area (TPSA) is 70.3 Å². The van der Waals surface area contributed by atoms with Crippen molar-refractivity contribution in [3.63, 3.8) is 0 Å². The van der Waals surface area contributed by atoms with E-state index >= 15 is 0 Å². The molecule has 0 spiro atoms. The molecule has 0 saturated carbocycles. The van der Waals surface area contributed by atoms with Crippen molar-refractivity contribution in [3.05, 3.63) is 59.4 Å². The van der Waals surface area contributed by atoms with E-state index in [4.69, 9.17) is 15.1 Å². The van der Waals surface area contributed by atoms with Crippen LogP contribution in [-0.4, -0.2) is 11.1 Å². The van der Waals surface area contributed by atoms with Gasteiger partial charge in [0, 0.05) is 6.07 Å². The van der Waals surface area contributed by atoms with Crippen molar-refractivity contribution in [1.29, 1.82) is 5.26 Å². The molecule has 1 N–H and O–H groups in total. The number of rotatable bonds is 3. The van der Waals surface area contributed by atoms with Crippen molar-refractivity contribution in [1.82, 2.24) is 0 Å². The summed E-state index contributed by atoms with van der Waals surface area (Å²) in [7, 11) is 0. The van der Waals surface area contributed by atoms with Crippen molar-refractivity contribution < 1.29 is 19.0 Å². The number of carbonyl (C=O) groups is 1. The summed E-state index contributed by atoms with van der Waals surface area (Å²) >= 11 is 0. The van der Waals surface area contributed by atoms with E-state index in [-0.39, 0.29) is 22.6 Å². The maximum absolute atomic E-state index is 13.0. The summed E-state index contributed by atoms with van der Waals surface area (Å²) < 4.78 is 18.3. The van der Waals surface area contributed by atoms with Crippen molar-refractivity contribution in [3.8, 4) is 17.6 Å². The highest BCUT2D eigenvalue weighted by Gasteiger charge is 2.13. The van der Waals surface area contributed by atoms with Gasteiger partial charge in [-0.2, -0.15) is 5.26 Å². The monoisotopic (exact) mass is 257 g/mol. The highest BCUT2D eigenvalue weighted by molar-refractivity contribution is 5.91. The molecule has 2 aromatic rings. The summed E-state index contributed by atoms with van der Waals surface area (Å²) in [5.74, 6) is -1.46. The fraction of sp³-hybridized carbons (Fsp3) is 0. The van der Waals surface area contributed by atoms with Crippen LogP contribution in [0.1, 0.15) is 15.9 Å². The van der Waals surface area contributed by atoms with Gasteiger partial charge >= 0.3 is 5.97 Å². The Balaban J connectivity index is 2.40. The van der Waals surface area contributed by atoms with Gasteiger partial charge in [0.25, 0.3) is 0 Å². The zero-order valence-electron chi connectivity index (χ0n) is 9.63. The summed E-state index contributed by atoms with van der Waals surface area (Å²) in [4.78, 5) is 11.1. The average Bonchev–Trinajstić information content (AvgIpc) is 2.39. The Morgan fingerprint density at radius 3 is 2.68 bits per heavy atom. The molecule has 0 aromatic heterocycles. The minimum absolute atomic E-state index is 0.0529. The molecule has 5 heteroatoms. The Bertz CT molecular complexity index is 677. The maximum Gasteiger partial charge on any atom is 0.339 e. The number of nitrogens with zero attached hydrogens (tertiary/aromatic N) is 1. The molecule has 0 saturated heterocycles. The van der Waals surface area contributed by atoms with Crippen LogP contribution in [0.5, 0.6) is 11.5 Å². The molecule has 2 rings (SSSR count). The second kappa shape index (κ2) is 5.19. The predicted molar refractivity (Wildman–Crippen MR) is 64.6 cm³/mol. The zero-order valence-corrected chi connectivity index (χ0v) is 9.63. The number of ether oxygens (including phenoxy) is 1. The van der Waals surface area contributed by atoms with Crippen LogP contribution in [0.4, 0.5) is 4.39 Å². The van der Waals surface area contributed by atoms with Gasteiger partial charge in [0.2, 0.25) is 0 Å². The van der Waals surface area contributed by atoms with Gasteiger partial charge in [0.15, 0.2) is 0 Å². The van der Waals surface area contributed by atoms with Crippen LogP contribution >= 0.6 is 0 Å². The number of nitriles is 1. The molecule has 0 aliphatic rings. The molecule has 94 valence electrons. The zero-order chi connectivity index (χ0) is 13.8. The second-order valence-electron chi connectivity index (χ2n) is 3.69. The largest absolute Gasteiger partial charge is 0.478 e. The molecule has 0 radical (unpaired) electrons. The van der Waals surface area contributed by atoms with Crippen LogP contribution in [-0.2, 0) is 0 Å². The third kappa shape index (κ3) is 2.87. The number of carboxylic acids is 1. The van der Waals surface area contributed by atoms with Gasteiger partial charge in [-0.3, -0.25) is 0 Å². The van der Waals surface area contributed by atoms with Crippen LogP contribution in [0, 0.1) is 17.1 Å². The van der Waals surface area contributed by atoms with E-state index in [9.17, 15) is 9.18 Å². The van der Waals surface area contributed by atoms with Crippen LogP contribution in [0.2, 0.25) is 0 Å². The maximum atomic E-state index is 13.0. The number of hydrogen-bond acceptors (Lipinski definition) is 3. The van der Waals surface area contributed by atoms with Crippen molar-refractivity contribution in [2.75, 3.05) is 0 Å². The number of hydrogen-bond donors (Lipinski definition) is 1. The molecule has 2 aromatic carbocycles. The molecular weight excluding hydrogens is 249 g/mol. The SMILES string of the molecule is N#Cc1ccc(Oc2cccc(F)c2)c(C(=O)O)c1. The van der Waals surface area contributed by atoms with Gasteiger partial charge < -0.3 is 9.84 Å². The van der Waals surface area contributed by atoms with Crippen LogP contribution in [0.15, 0.2) is 42.5 Å². The van der Waals surface area contributed by atoms with Gasteiger partial charge in [0.05, 0.1) is 11.6 Å². The fourth-order valence-corrected chi connectivity index (χ4v) is 1.51. The van der Waals surface area contributed by atoms with E-state index in [0.717, 1.165) is 6.07 Å². The van der Waals surface area contributed by atoms with E-state index in [1.807, 2.05) is 6.07 Å². The molecule has 0 bridgehead atoms. The number of aromatic carboxylic acids is 1. The molecule has 0 aliphatic carbocycles. The molecule has 0 amide bonds. The average molecular weight is 257 g/mol. The quantitative estimate of drug-likeness (QED) is 0.916. The van der Waals surface area contributed by atoms with Gasteiger partial charge in [-0.25, -0.2) is 9.18 Å². The highest BCUT2D eigenvalue weighted by atomic mass is 19.1. The smallest absolute Gasteiger partial charge is 0.339 e. The first-order valence-electron chi connectivity index (χ1n) is 5.31. The lowest BCUT2D eigenvalue weighted by molar-refractivity contribution is 0.0694. The van der Waals surface area contributed by atoms with E-state index in [1.54, 1.807) is 0 Å². The normalized spacial score (nSPS) is 9.68. The number of carboxylic acid groups (broad SMARTS) is 1. The second-order valence-corrected chi connectivity index (χ2v) is 3.69. The molecule has 0 unspecified atom stereocenters. The first-order chi connectivity index (χ1) is 9.10. The standard InChI is InChI=1S/C14H8FNO3/c15-10-2-1-3-11(7-10)19-13-5-4-9(8-16)6-12(13)14(17)18/h1-7H,(H,17,18). The van der Waals surface area contributed by atoms with Gasteiger partial charge in [-0.1, -0.05) is 6.07 Å². The molecule has 0 fully saturated rings. The van der Waals surface area contributed by atoms with Crippen LogP contribution in [0.3, 0.4) is 0 Å². The highest BCUT2D eigenvalue weighted by Crippen LogP contribution is 2.26. The Hall–Kier alpha value is -2.87. The first-order valence-corrected chi connectivity index (χ1v) is 5.31. The van der Waals surface area contributed by atoms with Crippen LogP contribution < -0.4 is 4.74 Å². The van der Waals surface area contributed by atoms with Crippen molar-refractivity contribution in [2.45, 2.75) is 0 Å². The number of halogens is 1. The lowest BCUT2D eigenvalue weighted by Crippen LogP contribution is -2.00. The predicted octanol–water partition coefficient (Wildman–Crippen LogP) is 3.19. The van der Waals surface area contributed by atoms with Crippen molar-refractivity contribution >= 4 is 5.97 Å². The summed E-state index contributed by atoms with van der Waals surface area (Å²) in [5, 5.41) is 17.8. The molecule has 0 atom stereocenters. The third-order valence-corrected chi connectivity index (χ3v) is 2.36. The summed E-state index contributed by atoms with van der Waals surface area (Å²) in [6.07, 6.45) is 0. The Morgan fingerprint density at radius 1 is 1.26 bits per heavy atom. The minimum Gasteiger partial charge on any atom is -0.478 e. The van der Waals surface area contributed by atoms with Gasteiger partial charge in [-0.15, -0.1) is 0 Å². The lowest BCUT2D eigenvalue weighted by Gasteiger charge is -2.08. The van der Waals surface area contributed by atoms with E-state index in [0.29, 0.717) is 0 Å². The molecular formula is C14H8FNO3. The lowest BCUT2D eigenvalue weighted by atomic mass is 10.1. The molecule has 0 aliphatic heterocycles. The Labute approximate surface area is 108 Å². The molecule has 4 nitrogen and oxygen atoms in total. The molecule has 0 heterocycles. The fourth-order valence-electron chi connectivity index (χ4n) is 1.51. The van der Waals surface area contributed by atoms with E-state index in [2.05, 4.69) is 0 Å². The summed E-state index contributed by atoms with van der Waals surface area (Å²) in [6.45, 7) is 0. The van der Waals surface area contributed by atoms with Gasteiger partial charge in [0.1, 0.15) is 22.9 Å². The van der Waals surface area contributed by atoms with Crippen LogP contribution in [0.25, 0.3) is 0 Å². The summed E-state index contributed by atoms with van der Waals surface area (Å²) in [6, 6.07) is 11.2. The van der Waals surface area contributed by atoms with E-state index < -0.39 is 11.8 Å². The Kier molecular flexibility index (Phi) is 3.44. The minimum atomic E-state index is -1.22. The summed E-state index contributed by atoms with van der Waals surface area (Å²) in [5.41, 5.74) is 0.0623. The van der Waals surface area contributed by atoms with E-state index in [1.165, 1.54) is 36.4 Å². The molecule has 19 heavy (non-hydrogen) atoms. The number of benzene rings is 2. The Morgan fingerprint density at radius 2 is 2.05 bits per heavy atom.